The zero-order valence-corrected chi connectivity index (χ0v) is 12.5. The minimum atomic E-state index is 0.126. The highest BCUT2D eigenvalue weighted by Gasteiger charge is 2.21. The monoisotopic (exact) mass is 297 g/mol. The van der Waals surface area contributed by atoms with E-state index >= 15 is 0 Å². The molecule has 2 heterocycles. The van der Waals surface area contributed by atoms with Crippen molar-refractivity contribution in [3.05, 3.63) is 53.6 Å². The molecule has 0 saturated heterocycles. The molecular weight excluding hydrogens is 278 g/mol. The van der Waals surface area contributed by atoms with Gasteiger partial charge < -0.3 is 15.8 Å². The number of benzene rings is 1. The van der Waals surface area contributed by atoms with E-state index in [2.05, 4.69) is 20.3 Å². The van der Waals surface area contributed by atoms with Crippen LogP contribution in [-0.2, 0) is 6.54 Å². The predicted molar refractivity (Wildman–Crippen MR) is 84.5 cm³/mol. The molecule has 1 unspecified atom stereocenters. The molecule has 1 aliphatic heterocycles. The Morgan fingerprint density at radius 1 is 1.41 bits per heavy atom. The third-order valence-electron chi connectivity index (χ3n) is 3.53. The molecule has 3 N–H and O–H groups in total. The van der Waals surface area contributed by atoms with Crippen molar-refractivity contribution in [3.63, 3.8) is 0 Å². The van der Waals surface area contributed by atoms with Crippen LogP contribution in [0.3, 0.4) is 0 Å². The number of aryl methyl sites for hydroxylation is 1. The number of aliphatic imine (C=N–C) groups is 1. The Hall–Kier alpha value is -2.63. The molecule has 0 amide bonds. The minimum absolute atomic E-state index is 0.126. The fraction of sp³-hybridized carbons (Fsp3) is 0.312. The maximum atomic E-state index is 6.00. The van der Waals surface area contributed by atoms with Gasteiger partial charge >= 0.3 is 0 Å². The Morgan fingerprint density at radius 3 is 3.14 bits per heavy atom. The van der Waals surface area contributed by atoms with Crippen LogP contribution in [0.15, 0.2) is 41.5 Å². The summed E-state index contributed by atoms with van der Waals surface area (Å²) in [6, 6.07) is 9.96. The van der Waals surface area contributed by atoms with Gasteiger partial charge in [0.25, 0.3) is 0 Å². The van der Waals surface area contributed by atoms with E-state index in [4.69, 9.17) is 10.5 Å². The van der Waals surface area contributed by atoms with Crippen molar-refractivity contribution in [1.29, 1.82) is 0 Å². The predicted octanol–water partition coefficient (Wildman–Crippen LogP) is 1.71. The lowest BCUT2D eigenvalue weighted by Gasteiger charge is -2.26. The number of rotatable bonds is 3. The van der Waals surface area contributed by atoms with Gasteiger partial charge in [-0.3, -0.25) is 0 Å². The second-order valence-corrected chi connectivity index (χ2v) is 5.17. The third kappa shape index (κ3) is 3.33. The fourth-order valence-corrected chi connectivity index (χ4v) is 2.48. The van der Waals surface area contributed by atoms with Crippen molar-refractivity contribution in [2.45, 2.75) is 25.9 Å². The Bertz CT molecular complexity index is 686. The molecule has 1 atom stereocenters. The molecule has 0 spiro atoms. The number of nitrogens with two attached hydrogens (primary N) is 1. The first-order valence-electron chi connectivity index (χ1n) is 7.29. The standard InChI is InChI=1S/C16H19N5O/c1-11-18-8-6-12(20-11)10-19-16(17)21-14-7-9-22-15-5-3-2-4-13(14)15/h2-6,8,14H,7,9-10H2,1H3,(H3,17,19,21). The van der Waals surface area contributed by atoms with Gasteiger partial charge in [-0.1, -0.05) is 18.2 Å². The molecule has 6 nitrogen and oxygen atoms in total. The number of hydrogen-bond acceptors (Lipinski definition) is 4. The summed E-state index contributed by atoms with van der Waals surface area (Å²) in [5.41, 5.74) is 7.97. The SMILES string of the molecule is Cc1nccc(CN=C(N)NC2CCOc3ccccc32)n1. The summed E-state index contributed by atoms with van der Waals surface area (Å²) in [6.45, 7) is 2.97. The van der Waals surface area contributed by atoms with Gasteiger partial charge in [-0.05, 0) is 19.1 Å². The van der Waals surface area contributed by atoms with E-state index in [9.17, 15) is 0 Å². The summed E-state index contributed by atoms with van der Waals surface area (Å²) in [6.07, 6.45) is 2.59. The Balaban J connectivity index is 1.67. The van der Waals surface area contributed by atoms with E-state index in [1.807, 2.05) is 37.3 Å². The number of guanidine groups is 1. The summed E-state index contributed by atoms with van der Waals surface area (Å²) in [5, 5.41) is 3.26. The Morgan fingerprint density at radius 2 is 2.27 bits per heavy atom. The number of hydrogen-bond donors (Lipinski definition) is 2. The molecule has 0 fully saturated rings. The normalized spacial score (nSPS) is 17.5. The fourth-order valence-electron chi connectivity index (χ4n) is 2.48. The van der Waals surface area contributed by atoms with Gasteiger partial charge in [0.2, 0.25) is 0 Å². The van der Waals surface area contributed by atoms with Gasteiger partial charge in [-0.15, -0.1) is 0 Å². The third-order valence-corrected chi connectivity index (χ3v) is 3.53. The molecule has 3 rings (SSSR count). The summed E-state index contributed by atoms with van der Waals surface area (Å²) >= 11 is 0. The zero-order valence-electron chi connectivity index (χ0n) is 12.5. The summed E-state index contributed by atoms with van der Waals surface area (Å²) < 4.78 is 5.64. The molecular formula is C16H19N5O. The van der Waals surface area contributed by atoms with Crippen molar-refractivity contribution in [2.75, 3.05) is 6.61 Å². The largest absolute Gasteiger partial charge is 0.493 e. The Labute approximate surface area is 129 Å². The Kier molecular flexibility index (Phi) is 4.18. The zero-order chi connectivity index (χ0) is 15.4. The summed E-state index contributed by atoms with van der Waals surface area (Å²) in [4.78, 5) is 12.7. The first-order valence-corrected chi connectivity index (χ1v) is 7.29. The van der Waals surface area contributed by atoms with E-state index in [0.29, 0.717) is 19.1 Å². The average Bonchev–Trinajstić information content (AvgIpc) is 2.53. The second kappa shape index (κ2) is 6.43. The molecule has 0 saturated carbocycles. The second-order valence-electron chi connectivity index (χ2n) is 5.17. The van der Waals surface area contributed by atoms with Crippen LogP contribution in [-0.4, -0.2) is 22.5 Å². The average molecular weight is 297 g/mol. The number of nitrogens with one attached hydrogen (secondary N) is 1. The van der Waals surface area contributed by atoms with Crippen molar-refractivity contribution in [3.8, 4) is 5.75 Å². The smallest absolute Gasteiger partial charge is 0.189 e. The lowest BCUT2D eigenvalue weighted by molar-refractivity contribution is 0.262. The summed E-state index contributed by atoms with van der Waals surface area (Å²) in [5.74, 6) is 2.06. The number of aromatic nitrogens is 2. The van der Waals surface area contributed by atoms with Crippen molar-refractivity contribution in [2.24, 2.45) is 10.7 Å². The number of para-hydroxylation sites is 1. The maximum absolute atomic E-state index is 6.00. The molecule has 6 heteroatoms. The molecule has 1 aromatic carbocycles. The number of ether oxygens (including phenoxy) is 1. The highest BCUT2D eigenvalue weighted by atomic mass is 16.5. The van der Waals surface area contributed by atoms with Crippen LogP contribution >= 0.6 is 0 Å². The van der Waals surface area contributed by atoms with Gasteiger partial charge in [0.1, 0.15) is 11.6 Å². The molecule has 0 aliphatic carbocycles. The summed E-state index contributed by atoms with van der Waals surface area (Å²) in [7, 11) is 0. The number of fused-ring (bicyclic) bond motifs is 1. The highest BCUT2D eigenvalue weighted by molar-refractivity contribution is 5.78. The first-order chi connectivity index (χ1) is 10.7. The highest BCUT2D eigenvalue weighted by Crippen LogP contribution is 2.31. The van der Waals surface area contributed by atoms with Crippen LogP contribution in [0.2, 0.25) is 0 Å². The van der Waals surface area contributed by atoms with Gasteiger partial charge in [0.05, 0.1) is 24.9 Å². The maximum Gasteiger partial charge on any atom is 0.189 e. The van der Waals surface area contributed by atoms with Crippen molar-refractivity contribution in [1.82, 2.24) is 15.3 Å². The molecule has 2 aromatic rings. The molecule has 0 radical (unpaired) electrons. The van der Waals surface area contributed by atoms with Gasteiger partial charge in [-0.25, -0.2) is 15.0 Å². The van der Waals surface area contributed by atoms with E-state index in [1.165, 1.54) is 0 Å². The number of nitrogens with zero attached hydrogens (tertiary/aromatic N) is 3. The van der Waals surface area contributed by atoms with E-state index in [-0.39, 0.29) is 6.04 Å². The van der Waals surface area contributed by atoms with Gasteiger partial charge in [0.15, 0.2) is 5.96 Å². The lowest BCUT2D eigenvalue weighted by atomic mass is 10.0. The van der Waals surface area contributed by atoms with Crippen LogP contribution in [0.4, 0.5) is 0 Å². The topological polar surface area (TPSA) is 85.4 Å². The van der Waals surface area contributed by atoms with Crippen molar-refractivity contribution < 1.29 is 4.74 Å². The van der Waals surface area contributed by atoms with E-state index in [1.54, 1.807) is 6.20 Å². The van der Waals surface area contributed by atoms with E-state index < -0.39 is 0 Å². The molecule has 1 aliphatic rings. The molecule has 22 heavy (non-hydrogen) atoms. The van der Waals surface area contributed by atoms with Crippen molar-refractivity contribution >= 4 is 5.96 Å². The molecule has 1 aromatic heterocycles. The van der Waals surface area contributed by atoms with Crippen LogP contribution < -0.4 is 15.8 Å². The quantitative estimate of drug-likeness (QED) is 0.665. The molecule has 114 valence electrons. The lowest BCUT2D eigenvalue weighted by Crippen LogP contribution is -2.37. The first kappa shape index (κ1) is 14.3. The van der Waals surface area contributed by atoms with Crippen LogP contribution in [0.1, 0.15) is 29.5 Å². The van der Waals surface area contributed by atoms with Gasteiger partial charge in [0, 0.05) is 18.2 Å². The van der Waals surface area contributed by atoms with Crippen LogP contribution in [0, 0.1) is 6.92 Å². The van der Waals surface area contributed by atoms with Crippen LogP contribution in [0.25, 0.3) is 0 Å². The van der Waals surface area contributed by atoms with Gasteiger partial charge in [-0.2, -0.15) is 0 Å². The van der Waals surface area contributed by atoms with Crippen LogP contribution in [0.5, 0.6) is 5.75 Å². The molecule has 0 bridgehead atoms. The minimum Gasteiger partial charge on any atom is -0.493 e. The van der Waals surface area contributed by atoms with E-state index in [0.717, 1.165) is 29.3 Å².